The first-order valence-electron chi connectivity index (χ1n) is 8.92. The van der Waals surface area contributed by atoms with Crippen LogP contribution in [0.15, 0.2) is 65.3 Å². The maximum absolute atomic E-state index is 12.3. The van der Waals surface area contributed by atoms with Crippen LogP contribution in [0.25, 0.3) is 0 Å². The largest absolute Gasteiger partial charge is 0.483 e. The van der Waals surface area contributed by atoms with Crippen LogP contribution in [0.1, 0.15) is 27.2 Å². The number of rotatable bonds is 7. The van der Waals surface area contributed by atoms with E-state index in [4.69, 9.17) is 9.15 Å². The molecule has 0 unspecified atom stereocenters. The summed E-state index contributed by atoms with van der Waals surface area (Å²) >= 11 is 0. The van der Waals surface area contributed by atoms with Crippen LogP contribution in [0, 0.1) is 13.8 Å². The molecular weight excluding hydrogens is 356 g/mol. The maximum Gasteiger partial charge on any atom is 0.262 e. The van der Waals surface area contributed by atoms with Crippen LogP contribution in [0.5, 0.6) is 5.75 Å². The number of hydrogen-bond donors (Lipinski definition) is 2. The first-order valence-corrected chi connectivity index (χ1v) is 8.92. The fourth-order valence-corrected chi connectivity index (χ4v) is 2.62. The minimum absolute atomic E-state index is 0.112. The number of nitrogens with one attached hydrogen (secondary N) is 2. The minimum Gasteiger partial charge on any atom is -0.483 e. The molecule has 0 saturated heterocycles. The average molecular weight is 378 g/mol. The van der Waals surface area contributed by atoms with Gasteiger partial charge in [0.2, 0.25) is 0 Å². The SMILES string of the molecule is Cc1ccc(C)c(OCC(=O)Nc2cccc(C(=O)NCc3ccco3)c2)c1. The standard InChI is InChI=1S/C22H22N2O4/c1-15-8-9-16(2)20(11-15)28-14-21(25)24-18-6-3-5-17(12-18)22(26)23-13-19-7-4-10-27-19/h3-12H,13-14H2,1-2H3,(H,23,26)(H,24,25). The lowest BCUT2D eigenvalue weighted by Crippen LogP contribution is -2.23. The second-order valence-electron chi connectivity index (χ2n) is 6.45. The highest BCUT2D eigenvalue weighted by Crippen LogP contribution is 2.19. The Labute approximate surface area is 163 Å². The third-order valence-corrected chi connectivity index (χ3v) is 4.11. The number of furan rings is 1. The van der Waals surface area contributed by atoms with E-state index < -0.39 is 0 Å². The van der Waals surface area contributed by atoms with Gasteiger partial charge in [-0.1, -0.05) is 18.2 Å². The van der Waals surface area contributed by atoms with Crippen molar-refractivity contribution in [2.24, 2.45) is 0 Å². The summed E-state index contributed by atoms with van der Waals surface area (Å²) in [7, 11) is 0. The van der Waals surface area contributed by atoms with E-state index >= 15 is 0 Å². The molecule has 0 saturated carbocycles. The quantitative estimate of drug-likeness (QED) is 0.654. The molecule has 3 aromatic rings. The molecule has 0 spiro atoms. The zero-order chi connectivity index (χ0) is 19.9. The van der Waals surface area contributed by atoms with Crippen molar-refractivity contribution in [2.45, 2.75) is 20.4 Å². The molecule has 1 aromatic heterocycles. The number of carbonyl (C=O) groups excluding carboxylic acids is 2. The molecule has 0 aliphatic heterocycles. The van der Waals surface area contributed by atoms with E-state index in [1.807, 2.05) is 32.0 Å². The van der Waals surface area contributed by atoms with E-state index in [1.54, 1.807) is 42.7 Å². The van der Waals surface area contributed by atoms with E-state index in [0.29, 0.717) is 29.3 Å². The van der Waals surface area contributed by atoms with Gasteiger partial charge in [-0.3, -0.25) is 9.59 Å². The van der Waals surface area contributed by atoms with Crippen molar-refractivity contribution >= 4 is 17.5 Å². The molecule has 1 heterocycles. The highest BCUT2D eigenvalue weighted by Gasteiger charge is 2.10. The number of benzene rings is 2. The van der Waals surface area contributed by atoms with Gasteiger partial charge in [0.25, 0.3) is 11.8 Å². The van der Waals surface area contributed by atoms with Crippen molar-refractivity contribution in [1.82, 2.24) is 5.32 Å². The molecule has 28 heavy (non-hydrogen) atoms. The highest BCUT2D eigenvalue weighted by atomic mass is 16.5. The minimum atomic E-state index is -0.297. The maximum atomic E-state index is 12.3. The zero-order valence-electron chi connectivity index (χ0n) is 15.8. The van der Waals surface area contributed by atoms with Crippen molar-refractivity contribution < 1.29 is 18.7 Å². The van der Waals surface area contributed by atoms with Crippen LogP contribution < -0.4 is 15.4 Å². The first-order chi connectivity index (χ1) is 13.5. The Morgan fingerprint density at radius 3 is 2.68 bits per heavy atom. The fraction of sp³-hybridized carbons (Fsp3) is 0.182. The molecule has 0 fully saturated rings. The third kappa shape index (κ3) is 5.23. The molecule has 2 aromatic carbocycles. The number of anilines is 1. The lowest BCUT2D eigenvalue weighted by molar-refractivity contribution is -0.118. The Bertz CT molecular complexity index is 964. The van der Waals surface area contributed by atoms with Crippen molar-refractivity contribution in [3.63, 3.8) is 0 Å². The summed E-state index contributed by atoms with van der Waals surface area (Å²) in [6.07, 6.45) is 1.55. The van der Waals surface area contributed by atoms with E-state index in [-0.39, 0.29) is 18.4 Å². The molecular formula is C22H22N2O4. The smallest absolute Gasteiger partial charge is 0.262 e. The van der Waals surface area contributed by atoms with Gasteiger partial charge >= 0.3 is 0 Å². The van der Waals surface area contributed by atoms with Crippen LogP contribution in [0.2, 0.25) is 0 Å². The number of ether oxygens (including phenoxy) is 1. The lowest BCUT2D eigenvalue weighted by atomic mass is 10.1. The number of aryl methyl sites for hydroxylation is 2. The molecule has 144 valence electrons. The summed E-state index contributed by atoms with van der Waals surface area (Å²) in [5.41, 5.74) is 3.00. The summed E-state index contributed by atoms with van der Waals surface area (Å²) in [5, 5.41) is 5.52. The van der Waals surface area contributed by atoms with Gasteiger partial charge in [0.05, 0.1) is 12.8 Å². The average Bonchev–Trinajstić information content (AvgIpc) is 3.20. The Kier molecular flexibility index (Phi) is 6.11. The molecule has 3 rings (SSSR count). The molecule has 0 bridgehead atoms. The van der Waals surface area contributed by atoms with E-state index in [0.717, 1.165) is 11.1 Å². The summed E-state index contributed by atoms with van der Waals surface area (Å²) in [6.45, 7) is 4.08. The molecule has 0 aliphatic rings. The van der Waals surface area contributed by atoms with Gasteiger partial charge in [0.1, 0.15) is 11.5 Å². The van der Waals surface area contributed by atoms with Gasteiger partial charge in [-0.15, -0.1) is 0 Å². The molecule has 2 N–H and O–H groups in total. The van der Waals surface area contributed by atoms with E-state index in [2.05, 4.69) is 10.6 Å². The number of amides is 2. The summed E-state index contributed by atoms with van der Waals surface area (Å²) < 4.78 is 10.8. The van der Waals surface area contributed by atoms with Gasteiger partial charge in [-0.05, 0) is 61.4 Å². The van der Waals surface area contributed by atoms with Crippen molar-refractivity contribution in [1.29, 1.82) is 0 Å². The van der Waals surface area contributed by atoms with Gasteiger partial charge in [-0.25, -0.2) is 0 Å². The molecule has 0 radical (unpaired) electrons. The van der Waals surface area contributed by atoms with Crippen LogP contribution in [0.3, 0.4) is 0 Å². The topological polar surface area (TPSA) is 80.6 Å². The predicted molar refractivity (Wildman–Crippen MR) is 106 cm³/mol. The molecule has 0 aliphatic carbocycles. The van der Waals surface area contributed by atoms with Gasteiger partial charge < -0.3 is 19.8 Å². The van der Waals surface area contributed by atoms with Crippen LogP contribution in [-0.4, -0.2) is 18.4 Å². The summed E-state index contributed by atoms with van der Waals surface area (Å²) in [6, 6.07) is 16.1. The van der Waals surface area contributed by atoms with Gasteiger partial charge in [-0.2, -0.15) is 0 Å². The van der Waals surface area contributed by atoms with Crippen molar-refractivity contribution in [2.75, 3.05) is 11.9 Å². The number of carbonyl (C=O) groups is 2. The van der Waals surface area contributed by atoms with Crippen molar-refractivity contribution in [3.8, 4) is 5.75 Å². The van der Waals surface area contributed by atoms with Crippen LogP contribution in [0.4, 0.5) is 5.69 Å². The summed E-state index contributed by atoms with van der Waals surface area (Å²) in [5.74, 6) is 0.802. The predicted octanol–water partition coefficient (Wildman–Crippen LogP) is 3.84. The molecule has 2 amide bonds. The van der Waals surface area contributed by atoms with E-state index in [1.165, 1.54) is 0 Å². The highest BCUT2D eigenvalue weighted by molar-refractivity contribution is 5.97. The second kappa shape index (κ2) is 8.90. The Hall–Kier alpha value is -3.54. The molecule has 6 nitrogen and oxygen atoms in total. The van der Waals surface area contributed by atoms with Gasteiger partial charge in [0.15, 0.2) is 6.61 Å². The Morgan fingerprint density at radius 1 is 1.04 bits per heavy atom. The monoisotopic (exact) mass is 378 g/mol. The van der Waals surface area contributed by atoms with Crippen molar-refractivity contribution in [3.05, 3.63) is 83.3 Å². The Balaban J connectivity index is 1.55. The van der Waals surface area contributed by atoms with Crippen LogP contribution in [-0.2, 0) is 11.3 Å². The normalized spacial score (nSPS) is 10.4. The second-order valence-corrected chi connectivity index (χ2v) is 6.45. The lowest BCUT2D eigenvalue weighted by Gasteiger charge is -2.11. The van der Waals surface area contributed by atoms with Crippen LogP contribution >= 0.6 is 0 Å². The summed E-state index contributed by atoms with van der Waals surface area (Å²) in [4.78, 5) is 24.5. The third-order valence-electron chi connectivity index (χ3n) is 4.11. The zero-order valence-corrected chi connectivity index (χ0v) is 15.8. The molecule has 0 atom stereocenters. The van der Waals surface area contributed by atoms with E-state index in [9.17, 15) is 9.59 Å². The molecule has 6 heteroatoms. The van der Waals surface area contributed by atoms with Gasteiger partial charge in [0, 0.05) is 11.3 Å². The number of hydrogen-bond acceptors (Lipinski definition) is 4. The fourth-order valence-electron chi connectivity index (χ4n) is 2.62. The Morgan fingerprint density at radius 2 is 1.89 bits per heavy atom. The first kappa shape index (κ1) is 19.2.